The molecule has 0 amide bonds. The van der Waals surface area contributed by atoms with Crippen molar-refractivity contribution < 1.29 is 0 Å². The van der Waals surface area contributed by atoms with Gasteiger partial charge in [0.05, 0.1) is 0 Å². The van der Waals surface area contributed by atoms with Crippen LogP contribution in [0.4, 0.5) is 0 Å². The summed E-state index contributed by atoms with van der Waals surface area (Å²) in [6.45, 7) is 8.82. The Hall–Kier alpha value is -0.0800. The van der Waals surface area contributed by atoms with Gasteiger partial charge in [-0.2, -0.15) is 0 Å². The molecule has 20 heavy (non-hydrogen) atoms. The molecule has 2 atom stereocenters. The molecule has 0 radical (unpaired) electrons. The van der Waals surface area contributed by atoms with Crippen LogP contribution in [0, 0.1) is 17.8 Å². The SMILES string of the molecule is CC(C)C1CC(NCC2CC2)CN(C2CCCCC2)C1. The van der Waals surface area contributed by atoms with Gasteiger partial charge in [0, 0.05) is 25.2 Å². The highest BCUT2D eigenvalue weighted by atomic mass is 15.2. The first kappa shape index (κ1) is 14.8. The molecule has 0 bridgehead atoms. The molecule has 1 N–H and O–H groups in total. The van der Waals surface area contributed by atoms with Crippen LogP contribution in [0.2, 0.25) is 0 Å². The molecule has 2 heteroatoms. The first-order valence-electron chi connectivity index (χ1n) is 9.20. The number of nitrogens with one attached hydrogen (secondary N) is 1. The number of nitrogens with zero attached hydrogens (tertiary/aromatic N) is 1. The summed E-state index contributed by atoms with van der Waals surface area (Å²) in [5.41, 5.74) is 0. The Morgan fingerprint density at radius 1 is 1.00 bits per heavy atom. The Bertz CT molecular complexity index is 292. The molecule has 2 nitrogen and oxygen atoms in total. The molecule has 1 saturated heterocycles. The van der Waals surface area contributed by atoms with Crippen molar-refractivity contribution in [1.29, 1.82) is 0 Å². The van der Waals surface area contributed by atoms with Crippen molar-refractivity contribution >= 4 is 0 Å². The van der Waals surface area contributed by atoms with Crippen LogP contribution in [0.3, 0.4) is 0 Å². The number of hydrogen-bond donors (Lipinski definition) is 1. The van der Waals surface area contributed by atoms with Crippen molar-refractivity contribution in [3.63, 3.8) is 0 Å². The fraction of sp³-hybridized carbons (Fsp3) is 1.00. The number of piperidine rings is 1. The summed E-state index contributed by atoms with van der Waals surface area (Å²) in [4.78, 5) is 2.86. The van der Waals surface area contributed by atoms with Crippen LogP contribution >= 0.6 is 0 Å². The molecule has 1 aliphatic heterocycles. The third-order valence-electron chi connectivity index (χ3n) is 5.94. The Balaban J connectivity index is 1.56. The molecule has 0 aromatic rings. The smallest absolute Gasteiger partial charge is 0.0198 e. The highest BCUT2D eigenvalue weighted by Gasteiger charge is 2.33. The van der Waals surface area contributed by atoms with Gasteiger partial charge < -0.3 is 5.32 Å². The van der Waals surface area contributed by atoms with Crippen LogP contribution in [-0.4, -0.2) is 36.6 Å². The molecule has 3 fully saturated rings. The van der Waals surface area contributed by atoms with E-state index in [-0.39, 0.29) is 0 Å². The van der Waals surface area contributed by atoms with Crippen molar-refractivity contribution in [2.45, 2.75) is 77.3 Å². The van der Waals surface area contributed by atoms with Gasteiger partial charge in [0.2, 0.25) is 0 Å². The first-order valence-corrected chi connectivity index (χ1v) is 9.20. The van der Waals surface area contributed by atoms with Crippen LogP contribution in [0.1, 0.15) is 65.2 Å². The van der Waals surface area contributed by atoms with E-state index in [0.717, 1.165) is 29.8 Å². The van der Waals surface area contributed by atoms with E-state index in [9.17, 15) is 0 Å². The molecule has 2 aliphatic carbocycles. The molecule has 0 aromatic carbocycles. The second-order valence-corrected chi connectivity index (χ2v) is 8.03. The highest BCUT2D eigenvalue weighted by Crippen LogP contribution is 2.31. The maximum atomic E-state index is 3.90. The fourth-order valence-electron chi connectivity index (χ4n) is 4.20. The summed E-state index contributed by atoms with van der Waals surface area (Å²) in [5.74, 6) is 2.76. The zero-order valence-corrected chi connectivity index (χ0v) is 13.6. The summed E-state index contributed by atoms with van der Waals surface area (Å²) >= 11 is 0. The van der Waals surface area contributed by atoms with Gasteiger partial charge in [-0.3, -0.25) is 4.90 Å². The van der Waals surface area contributed by atoms with Crippen molar-refractivity contribution in [3.05, 3.63) is 0 Å². The van der Waals surface area contributed by atoms with Crippen LogP contribution in [0.5, 0.6) is 0 Å². The lowest BCUT2D eigenvalue weighted by Crippen LogP contribution is -2.54. The number of rotatable bonds is 5. The van der Waals surface area contributed by atoms with Crippen LogP contribution in [0.25, 0.3) is 0 Å². The second kappa shape index (κ2) is 6.79. The molecule has 0 spiro atoms. The average Bonchev–Trinajstić information content (AvgIpc) is 3.30. The topological polar surface area (TPSA) is 15.3 Å². The Morgan fingerprint density at radius 3 is 2.40 bits per heavy atom. The zero-order chi connectivity index (χ0) is 13.9. The predicted molar refractivity (Wildman–Crippen MR) is 85.9 cm³/mol. The molecular formula is C18H34N2. The summed E-state index contributed by atoms with van der Waals surface area (Å²) in [6, 6.07) is 1.66. The third kappa shape index (κ3) is 3.98. The van der Waals surface area contributed by atoms with E-state index < -0.39 is 0 Å². The van der Waals surface area contributed by atoms with Gasteiger partial charge in [-0.1, -0.05) is 33.1 Å². The molecule has 3 rings (SSSR count). The normalized spacial score (nSPS) is 33.8. The quantitative estimate of drug-likeness (QED) is 0.825. The lowest BCUT2D eigenvalue weighted by Gasteiger charge is -2.44. The summed E-state index contributed by atoms with van der Waals surface area (Å²) in [7, 11) is 0. The van der Waals surface area contributed by atoms with Crippen molar-refractivity contribution in [2.75, 3.05) is 19.6 Å². The van der Waals surface area contributed by atoms with Crippen molar-refractivity contribution in [3.8, 4) is 0 Å². The van der Waals surface area contributed by atoms with E-state index in [1.165, 1.54) is 71.0 Å². The second-order valence-electron chi connectivity index (χ2n) is 8.03. The van der Waals surface area contributed by atoms with Crippen LogP contribution in [-0.2, 0) is 0 Å². The highest BCUT2D eigenvalue weighted by molar-refractivity contribution is 4.90. The van der Waals surface area contributed by atoms with Gasteiger partial charge in [-0.25, -0.2) is 0 Å². The maximum Gasteiger partial charge on any atom is 0.0198 e. The summed E-state index contributed by atoms with van der Waals surface area (Å²) < 4.78 is 0. The predicted octanol–water partition coefficient (Wildman–Crippen LogP) is 3.67. The Morgan fingerprint density at radius 2 is 1.75 bits per heavy atom. The van der Waals surface area contributed by atoms with Gasteiger partial charge >= 0.3 is 0 Å². The molecular weight excluding hydrogens is 244 g/mol. The number of likely N-dealkylation sites (tertiary alicyclic amines) is 1. The standard InChI is InChI=1S/C18H34N2/c1-14(2)16-10-17(19-11-15-8-9-15)13-20(12-16)18-6-4-3-5-7-18/h14-19H,3-13H2,1-2H3. The van der Waals surface area contributed by atoms with Crippen LogP contribution < -0.4 is 5.32 Å². The minimum Gasteiger partial charge on any atom is -0.312 e. The van der Waals surface area contributed by atoms with Crippen LogP contribution in [0.15, 0.2) is 0 Å². The fourth-order valence-corrected chi connectivity index (χ4v) is 4.20. The molecule has 0 aromatic heterocycles. The molecule has 2 unspecified atom stereocenters. The lowest BCUT2D eigenvalue weighted by atomic mass is 9.83. The minimum atomic E-state index is 0.763. The third-order valence-corrected chi connectivity index (χ3v) is 5.94. The molecule has 116 valence electrons. The van der Waals surface area contributed by atoms with Crippen molar-refractivity contribution in [1.82, 2.24) is 10.2 Å². The monoisotopic (exact) mass is 278 g/mol. The average molecular weight is 278 g/mol. The van der Waals surface area contributed by atoms with E-state index in [2.05, 4.69) is 24.1 Å². The number of hydrogen-bond acceptors (Lipinski definition) is 2. The molecule has 1 heterocycles. The maximum absolute atomic E-state index is 3.90. The van der Waals surface area contributed by atoms with E-state index in [1.54, 1.807) is 0 Å². The van der Waals surface area contributed by atoms with E-state index in [0.29, 0.717) is 0 Å². The summed E-state index contributed by atoms with van der Waals surface area (Å²) in [5, 5.41) is 3.90. The Kier molecular flexibility index (Phi) is 5.04. The molecule has 3 aliphatic rings. The largest absolute Gasteiger partial charge is 0.312 e. The summed E-state index contributed by atoms with van der Waals surface area (Å²) in [6.07, 6.45) is 11.7. The van der Waals surface area contributed by atoms with Gasteiger partial charge in [0.25, 0.3) is 0 Å². The van der Waals surface area contributed by atoms with Gasteiger partial charge in [-0.15, -0.1) is 0 Å². The lowest BCUT2D eigenvalue weighted by molar-refractivity contribution is 0.0617. The van der Waals surface area contributed by atoms with Crippen molar-refractivity contribution in [2.24, 2.45) is 17.8 Å². The molecule has 2 saturated carbocycles. The first-order chi connectivity index (χ1) is 9.72. The minimum absolute atomic E-state index is 0.763. The van der Waals surface area contributed by atoms with Gasteiger partial charge in [-0.05, 0) is 56.4 Å². The van der Waals surface area contributed by atoms with E-state index >= 15 is 0 Å². The van der Waals surface area contributed by atoms with E-state index in [4.69, 9.17) is 0 Å². The van der Waals surface area contributed by atoms with E-state index in [1.807, 2.05) is 0 Å². The van der Waals surface area contributed by atoms with Gasteiger partial charge in [0.1, 0.15) is 0 Å². The van der Waals surface area contributed by atoms with Gasteiger partial charge in [0.15, 0.2) is 0 Å². The zero-order valence-electron chi connectivity index (χ0n) is 13.6. The Labute approximate surface area is 125 Å².